The normalized spacial score (nSPS) is 17.6. The number of para-hydroxylation sites is 1. The SMILES string of the molecule is C=CC(=O)Nc1ccc(CN[C@H]2CCC[C@@H](Nc3ncc(C)c(-c4n[nH]c5ccccc45)n3)C2)cc1. The van der Waals surface area contributed by atoms with E-state index in [1.807, 2.05) is 55.6 Å². The van der Waals surface area contributed by atoms with Crippen molar-refractivity contribution < 1.29 is 4.79 Å². The van der Waals surface area contributed by atoms with Crippen LogP contribution in [0.15, 0.2) is 67.4 Å². The summed E-state index contributed by atoms with van der Waals surface area (Å²) in [5, 5.41) is 18.7. The molecule has 0 bridgehead atoms. The number of aromatic nitrogens is 4. The molecular weight excluding hydrogens is 450 g/mol. The third kappa shape index (κ3) is 5.44. The highest BCUT2D eigenvalue weighted by molar-refractivity contribution is 5.98. The maximum atomic E-state index is 11.4. The van der Waals surface area contributed by atoms with E-state index < -0.39 is 0 Å². The molecule has 36 heavy (non-hydrogen) atoms. The van der Waals surface area contributed by atoms with Crippen LogP contribution in [0.4, 0.5) is 11.6 Å². The molecule has 5 rings (SSSR count). The van der Waals surface area contributed by atoms with Crippen molar-refractivity contribution in [3.05, 3.63) is 78.5 Å². The predicted molar refractivity (Wildman–Crippen MR) is 144 cm³/mol. The summed E-state index contributed by atoms with van der Waals surface area (Å²) in [7, 11) is 0. The standard InChI is InChI=1S/C28H31N7O/c1-3-25(36)31-20-13-11-19(12-14-20)17-29-21-7-6-8-22(15-21)32-28-30-16-18(2)26(33-28)27-23-9-4-5-10-24(23)34-35-27/h3-5,9-14,16,21-22,29H,1,6-8,15,17H2,2H3,(H,31,36)(H,34,35)(H,30,32,33)/t21-,22+/m0/s1. The number of aromatic amines is 1. The van der Waals surface area contributed by atoms with Gasteiger partial charge in [-0.3, -0.25) is 9.89 Å². The van der Waals surface area contributed by atoms with Gasteiger partial charge in [-0.2, -0.15) is 5.10 Å². The molecule has 1 amide bonds. The number of fused-ring (bicyclic) bond motifs is 1. The van der Waals surface area contributed by atoms with E-state index in [2.05, 4.69) is 43.8 Å². The van der Waals surface area contributed by atoms with E-state index in [1.54, 1.807) is 0 Å². The Bertz CT molecular complexity index is 1360. The fourth-order valence-electron chi connectivity index (χ4n) is 4.75. The van der Waals surface area contributed by atoms with Crippen molar-refractivity contribution in [1.29, 1.82) is 0 Å². The van der Waals surface area contributed by atoms with Gasteiger partial charge in [0.1, 0.15) is 5.69 Å². The molecule has 0 spiro atoms. The van der Waals surface area contributed by atoms with Gasteiger partial charge < -0.3 is 16.0 Å². The van der Waals surface area contributed by atoms with Crippen LogP contribution in [0.3, 0.4) is 0 Å². The summed E-state index contributed by atoms with van der Waals surface area (Å²) in [6.45, 7) is 6.28. The first kappa shape index (κ1) is 23.7. The lowest BCUT2D eigenvalue weighted by atomic mass is 9.91. The fraction of sp³-hybridized carbons (Fsp3) is 0.286. The van der Waals surface area contributed by atoms with E-state index in [0.717, 1.165) is 65.8 Å². The molecule has 2 heterocycles. The van der Waals surface area contributed by atoms with Crippen molar-refractivity contribution >= 4 is 28.4 Å². The van der Waals surface area contributed by atoms with Crippen molar-refractivity contribution in [3.8, 4) is 11.4 Å². The van der Waals surface area contributed by atoms with E-state index in [1.165, 1.54) is 11.6 Å². The number of rotatable bonds is 8. The van der Waals surface area contributed by atoms with Gasteiger partial charge in [0.05, 0.1) is 11.2 Å². The molecule has 184 valence electrons. The minimum absolute atomic E-state index is 0.205. The van der Waals surface area contributed by atoms with Crippen molar-refractivity contribution in [2.24, 2.45) is 0 Å². The number of hydrogen-bond acceptors (Lipinski definition) is 6. The highest BCUT2D eigenvalue weighted by Gasteiger charge is 2.23. The van der Waals surface area contributed by atoms with E-state index in [4.69, 9.17) is 4.98 Å². The van der Waals surface area contributed by atoms with Gasteiger partial charge in [-0.05, 0) is 68.0 Å². The molecule has 0 unspecified atom stereocenters. The Morgan fingerprint density at radius 1 is 1.11 bits per heavy atom. The van der Waals surface area contributed by atoms with Gasteiger partial charge >= 0.3 is 0 Å². The van der Waals surface area contributed by atoms with E-state index in [9.17, 15) is 4.79 Å². The van der Waals surface area contributed by atoms with Gasteiger partial charge in [0, 0.05) is 35.9 Å². The van der Waals surface area contributed by atoms with Gasteiger partial charge in [0.2, 0.25) is 11.9 Å². The Hall–Kier alpha value is -4.04. The van der Waals surface area contributed by atoms with Crippen LogP contribution < -0.4 is 16.0 Å². The van der Waals surface area contributed by atoms with Crippen LogP contribution in [-0.2, 0) is 11.3 Å². The second-order valence-corrected chi connectivity index (χ2v) is 9.32. The van der Waals surface area contributed by atoms with E-state index >= 15 is 0 Å². The first-order valence-electron chi connectivity index (χ1n) is 12.4. The summed E-state index contributed by atoms with van der Waals surface area (Å²) in [6, 6.07) is 16.7. The number of H-pyrrole nitrogens is 1. The summed E-state index contributed by atoms with van der Waals surface area (Å²) in [5.41, 5.74) is 5.65. The monoisotopic (exact) mass is 481 g/mol. The smallest absolute Gasteiger partial charge is 0.247 e. The van der Waals surface area contributed by atoms with Crippen LogP contribution in [0.5, 0.6) is 0 Å². The molecule has 0 radical (unpaired) electrons. The number of nitrogens with zero attached hydrogens (tertiary/aromatic N) is 3. The zero-order chi connectivity index (χ0) is 24.9. The average Bonchev–Trinajstić information content (AvgIpc) is 3.33. The number of hydrogen-bond donors (Lipinski definition) is 4. The van der Waals surface area contributed by atoms with Crippen LogP contribution in [0.2, 0.25) is 0 Å². The molecule has 2 aromatic carbocycles. The van der Waals surface area contributed by atoms with Crippen LogP contribution >= 0.6 is 0 Å². The van der Waals surface area contributed by atoms with Crippen LogP contribution in [-0.4, -0.2) is 38.2 Å². The van der Waals surface area contributed by atoms with Gasteiger partial charge in [0.25, 0.3) is 0 Å². The van der Waals surface area contributed by atoms with E-state index in [-0.39, 0.29) is 5.91 Å². The van der Waals surface area contributed by atoms with Gasteiger partial charge in [-0.15, -0.1) is 0 Å². The highest BCUT2D eigenvalue weighted by Crippen LogP contribution is 2.28. The predicted octanol–water partition coefficient (Wildman–Crippen LogP) is 4.97. The number of carbonyl (C=O) groups excluding carboxylic acids is 1. The maximum Gasteiger partial charge on any atom is 0.247 e. The zero-order valence-corrected chi connectivity index (χ0v) is 20.4. The molecule has 1 fully saturated rings. The zero-order valence-electron chi connectivity index (χ0n) is 20.4. The van der Waals surface area contributed by atoms with Crippen LogP contribution in [0, 0.1) is 6.92 Å². The molecular formula is C28H31N7O. The molecule has 1 aliphatic rings. The van der Waals surface area contributed by atoms with Crippen molar-refractivity contribution in [2.45, 2.75) is 51.2 Å². The summed E-state index contributed by atoms with van der Waals surface area (Å²) in [4.78, 5) is 20.9. The second-order valence-electron chi connectivity index (χ2n) is 9.32. The molecule has 4 aromatic rings. The Balaban J connectivity index is 1.20. The van der Waals surface area contributed by atoms with Gasteiger partial charge in [-0.1, -0.05) is 36.9 Å². The first-order chi connectivity index (χ1) is 17.6. The lowest BCUT2D eigenvalue weighted by Gasteiger charge is -2.30. The number of carbonyl (C=O) groups is 1. The minimum atomic E-state index is -0.205. The topological polar surface area (TPSA) is 108 Å². The Morgan fingerprint density at radius 2 is 1.92 bits per heavy atom. The fourth-order valence-corrected chi connectivity index (χ4v) is 4.75. The summed E-state index contributed by atoms with van der Waals surface area (Å²) >= 11 is 0. The first-order valence-corrected chi connectivity index (χ1v) is 12.4. The van der Waals surface area contributed by atoms with Gasteiger partial charge in [0.15, 0.2) is 0 Å². The Morgan fingerprint density at radius 3 is 2.75 bits per heavy atom. The lowest BCUT2D eigenvalue weighted by Crippen LogP contribution is -2.38. The quantitative estimate of drug-likeness (QED) is 0.265. The number of amides is 1. The molecule has 1 aliphatic carbocycles. The molecule has 4 N–H and O–H groups in total. The number of nitrogens with one attached hydrogen (secondary N) is 4. The average molecular weight is 482 g/mol. The highest BCUT2D eigenvalue weighted by atomic mass is 16.1. The number of aryl methyl sites for hydroxylation is 1. The summed E-state index contributed by atoms with van der Waals surface area (Å²) < 4.78 is 0. The largest absolute Gasteiger partial charge is 0.351 e. The van der Waals surface area contributed by atoms with Crippen LogP contribution in [0.1, 0.15) is 36.8 Å². The molecule has 1 saturated carbocycles. The van der Waals surface area contributed by atoms with Crippen molar-refractivity contribution in [2.75, 3.05) is 10.6 Å². The molecule has 2 atom stereocenters. The van der Waals surface area contributed by atoms with Crippen molar-refractivity contribution in [1.82, 2.24) is 25.5 Å². The minimum Gasteiger partial charge on any atom is -0.351 e. The lowest BCUT2D eigenvalue weighted by molar-refractivity contribution is -0.111. The Labute approximate surface area is 210 Å². The maximum absolute atomic E-state index is 11.4. The second kappa shape index (κ2) is 10.7. The molecule has 0 saturated heterocycles. The molecule has 2 aromatic heterocycles. The summed E-state index contributed by atoms with van der Waals surface area (Å²) in [6.07, 6.45) is 7.52. The van der Waals surface area contributed by atoms with Crippen molar-refractivity contribution in [3.63, 3.8) is 0 Å². The van der Waals surface area contributed by atoms with E-state index in [0.29, 0.717) is 18.0 Å². The van der Waals surface area contributed by atoms with Crippen LogP contribution in [0.25, 0.3) is 22.3 Å². The Kier molecular flexibility index (Phi) is 7.04. The molecule has 8 heteroatoms. The number of benzene rings is 2. The summed E-state index contributed by atoms with van der Waals surface area (Å²) in [5.74, 6) is 0.439. The van der Waals surface area contributed by atoms with Gasteiger partial charge in [-0.25, -0.2) is 9.97 Å². The molecule has 8 nitrogen and oxygen atoms in total. The molecule has 0 aliphatic heterocycles. The third-order valence-corrected chi connectivity index (χ3v) is 6.68. The third-order valence-electron chi connectivity index (χ3n) is 6.68. The number of anilines is 2.